The fourth-order valence-electron chi connectivity index (χ4n) is 2.30. The number of hydrogen-bond acceptors (Lipinski definition) is 2. The highest BCUT2D eigenvalue weighted by Gasteiger charge is 2.18. The number of amides is 2. The van der Waals surface area contributed by atoms with Gasteiger partial charge in [0.15, 0.2) is 0 Å². The number of urea groups is 1. The van der Waals surface area contributed by atoms with Crippen molar-refractivity contribution in [2.45, 2.75) is 25.8 Å². The van der Waals surface area contributed by atoms with Gasteiger partial charge in [-0.2, -0.15) is 0 Å². The lowest BCUT2D eigenvalue weighted by Crippen LogP contribution is -2.37. The highest BCUT2D eigenvalue weighted by Crippen LogP contribution is 2.04. The summed E-state index contributed by atoms with van der Waals surface area (Å²) in [5.74, 6) is 0. The van der Waals surface area contributed by atoms with E-state index >= 15 is 0 Å². The quantitative estimate of drug-likeness (QED) is 0.783. The first-order chi connectivity index (χ1) is 9.25. The lowest BCUT2D eigenvalue weighted by atomic mass is 10.1. The van der Waals surface area contributed by atoms with Gasteiger partial charge in [-0.3, -0.25) is 0 Å². The van der Waals surface area contributed by atoms with Crippen LogP contribution in [0.2, 0.25) is 0 Å². The molecule has 1 aromatic rings. The number of nitrogens with one attached hydrogen (secondary N) is 2. The standard InChI is InChI=1S/C15H23N3O/c1-13(7-8-14-5-3-2-4-6-14)16-9-11-18-12-10-17-15(18)19/h2-6,13,16H,7-12H2,1H3,(H,17,19). The molecular formula is C15H23N3O. The Hall–Kier alpha value is -1.55. The van der Waals surface area contributed by atoms with Crippen molar-refractivity contribution in [3.63, 3.8) is 0 Å². The molecule has 0 aromatic heterocycles. The van der Waals surface area contributed by atoms with Gasteiger partial charge in [0.25, 0.3) is 0 Å². The number of hydrogen-bond donors (Lipinski definition) is 2. The van der Waals surface area contributed by atoms with Crippen molar-refractivity contribution in [1.29, 1.82) is 0 Å². The van der Waals surface area contributed by atoms with Crippen LogP contribution in [0.3, 0.4) is 0 Å². The molecule has 2 rings (SSSR count). The van der Waals surface area contributed by atoms with Gasteiger partial charge in [0.2, 0.25) is 0 Å². The molecule has 1 unspecified atom stereocenters. The molecule has 0 aliphatic carbocycles. The van der Waals surface area contributed by atoms with Gasteiger partial charge in [0, 0.05) is 32.2 Å². The maximum Gasteiger partial charge on any atom is 0.317 e. The fourth-order valence-corrected chi connectivity index (χ4v) is 2.30. The van der Waals surface area contributed by atoms with Crippen LogP contribution in [0.1, 0.15) is 18.9 Å². The second-order valence-electron chi connectivity index (χ2n) is 5.10. The van der Waals surface area contributed by atoms with E-state index in [1.165, 1.54) is 5.56 Å². The molecule has 1 aliphatic heterocycles. The summed E-state index contributed by atoms with van der Waals surface area (Å²) >= 11 is 0. The van der Waals surface area contributed by atoms with Crippen molar-refractivity contribution in [3.05, 3.63) is 35.9 Å². The fraction of sp³-hybridized carbons (Fsp3) is 0.533. The molecule has 0 bridgehead atoms. The molecule has 0 radical (unpaired) electrons. The Morgan fingerprint density at radius 2 is 2.16 bits per heavy atom. The first kappa shape index (κ1) is 13.9. The second kappa shape index (κ2) is 7.14. The summed E-state index contributed by atoms with van der Waals surface area (Å²) < 4.78 is 0. The minimum absolute atomic E-state index is 0.0683. The van der Waals surface area contributed by atoms with E-state index in [-0.39, 0.29) is 6.03 Å². The SMILES string of the molecule is CC(CCc1ccccc1)NCCN1CCNC1=O. The average Bonchev–Trinajstić information content (AvgIpc) is 2.83. The van der Waals surface area contributed by atoms with E-state index in [1.54, 1.807) is 0 Å². The molecule has 19 heavy (non-hydrogen) atoms. The van der Waals surface area contributed by atoms with Crippen molar-refractivity contribution in [1.82, 2.24) is 15.5 Å². The minimum atomic E-state index is 0.0683. The largest absolute Gasteiger partial charge is 0.336 e. The van der Waals surface area contributed by atoms with Gasteiger partial charge in [0.1, 0.15) is 0 Å². The van der Waals surface area contributed by atoms with Crippen molar-refractivity contribution in [3.8, 4) is 0 Å². The van der Waals surface area contributed by atoms with Gasteiger partial charge in [-0.05, 0) is 25.3 Å². The molecule has 1 atom stereocenters. The molecule has 1 heterocycles. The van der Waals surface area contributed by atoms with Crippen molar-refractivity contribution in [2.75, 3.05) is 26.2 Å². The molecule has 4 nitrogen and oxygen atoms in total. The zero-order valence-electron chi connectivity index (χ0n) is 11.6. The van der Waals surface area contributed by atoms with Gasteiger partial charge in [-0.25, -0.2) is 4.79 Å². The Kier molecular flexibility index (Phi) is 5.21. The normalized spacial score (nSPS) is 16.5. The van der Waals surface area contributed by atoms with E-state index < -0.39 is 0 Å². The number of aryl methyl sites for hydroxylation is 1. The van der Waals surface area contributed by atoms with Crippen LogP contribution < -0.4 is 10.6 Å². The summed E-state index contributed by atoms with van der Waals surface area (Å²) in [6.45, 7) is 5.47. The molecule has 0 saturated carbocycles. The van der Waals surface area contributed by atoms with Gasteiger partial charge in [-0.15, -0.1) is 0 Å². The summed E-state index contributed by atoms with van der Waals surface area (Å²) in [5.41, 5.74) is 1.38. The third kappa shape index (κ3) is 4.56. The van der Waals surface area contributed by atoms with E-state index in [2.05, 4.69) is 41.8 Å². The number of carbonyl (C=O) groups is 1. The molecular weight excluding hydrogens is 238 g/mol. The summed E-state index contributed by atoms with van der Waals surface area (Å²) in [6.07, 6.45) is 2.22. The van der Waals surface area contributed by atoms with E-state index in [4.69, 9.17) is 0 Å². The van der Waals surface area contributed by atoms with Gasteiger partial charge < -0.3 is 15.5 Å². The molecule has 1 fully saturated rings. The molecule has 2 amide bonds. The number of rotatable bonds is 7. The lowest BCUT2D eigenvalue weighted by molar-refractivity contribution is 0.217. The maximum absolute atomic E-state index is 11.3. The summed E-state index contributed by atoms with van der Waals surface area (Å²) in [6, 6.07) is 11.1. The van der Waals surface area contributed by atoms with Crippen molar-refractivity contribution >= 4 is 6.03 Å². The van der Waals surface area contributed by atoms with E-state index in [9.17, 15) is 4.79 Å². The molecule has 4 heteroatoms. The van der Waals surface area contributed by atoms with Gasteiger partial charge in [0.05, 0.1) is 0 Å². The summed E-state index contributed by atoms with van der Waals surface area (Å²) in [5, 5.41) is 6.29. The molecule has 1 aromatic carbocycles. The summed E-state index contributed by atoms with van der Waals surface area (Å²) in [4.78, 5) is 13.2. The Bertz CT molecular complexity index is 394. The average molecular weight is 261 g/mol. The van der Waals surface area contributed by atoms with Gasteiger partial charge >= 0.3 is 6.03 Å². The number of nitrogens with zero attached hydrogens (tertiary/aromatic N) is 1. The highest BCUT2D eigenvalue weighted by molar-refractivity contribution is 5.76. The molecule has 1 saturated heterocycles. The molecule has 2 N–H and O–H groups in total. The first-order valence-corrected chi connectivity index (χ1v) is 7.06. The van der Waals surface area contributed by atoms with Crippen LogP contribution in [0, 0.1) is 0 Å². The maximum atomic E-state index is 11.3. The Morgan fingerprint density at radius 3 is 2.84 bits per heavy atom. The second-order valence-corrected chi connectivity index (χ2v) is 5.10. The Labute approximate surface area is 115 Å². The zero-order chi connectivity index (χ0) is 13.5. The smallest absolute Gasteiger partial charge is 0.317 e. The van der Waals surface area contributed by atoms with Crippen LogP contribution in [-0.2, 0) is 6.42 Å². The predicted octanol–water partition coefficient (Wildman–Crippen LogP) is 1.62. The predicted molar refractivity (Wildman–Crippen MR) is 77.2 cm³/mol. The third-order valence-electron chi connectivity index (χ3n) is 3.53. The summed E-state index contributed by atoms with van der Waals surface area (Å²) in [7, 11) is 0. The van der Waals surface area contributed by atoms with E-state index in [0.29, 0.717) is 6.04 Å². The lowest BCUT2D eigenvalue weighted by Gasteiger charge is -2.18. The van der Waals surface area contributed by atoms with E-state index in [0.717, 1.165) is 39.0 Å². The van der Waals surface area contributed by atoms with Crippen LogP contribution in [0.5, 0.6) is 0 Å². The first-order valence-electron chi connectivity index (χ1n) is 7.06. The van der Waals surface area contributed by atoms with Gasteiger partial charge in [-0.1, -0.05) is 30.3 Å². The van der Waals surface area contributed by atoms with Crippen LogP contribution in [0.15, 0.2) is 30.3 Å². The van der Waals surface area contributed by atoms with Crippen molar-refractivity contribution < 1.29 is 4.79 Å². The van der Waals surface area contributed by atoms with Crippen molar-refractivity contribution in [2.24, 2.45) is 0 Å². The molecule has 104 valence electrons. The van der Waals surface area contributed by atoms with Crippen LogP contribution in [0.25, 0.3) is 0 Å². The zero-order valence-corrected chi connectivity index (χ0v) is 11.6. The molecule has 0 spiro atoms. The highest BCUT2D eigenvalue weighted by atomic mass is 16.2. The monoisotopic (exact) mass is 261 g/mol. The van der Waals surface area contributed by atoms with Crippen LogP contribution >= 0.6 is 0 Å². The Balaban J connectivity index is 1.59. The molecule has 1 aliphatic rings. The van der Waals surface area contributed by atoms with E-state index in [1.807, 2.05) is 11.0 Å². The number of benzene rings is 1. The minimum Gasteiger partial charge on any atom is -0.336 e. The Morgan fingerprint density at radius 1 is 1.37 bits per heavy atom. The third-order valence-corrected chi connectivity index (χ3v) is 3.53. The number of carbonyl (C=O) groups excluding carboxylic acids is 1. The van der Waals surface area contributed by atoms with Crippen LogP contribution in [0.4, 0.5) is 4.79 Å². The van der Waals surface area contributed by atoms with Crippen LogP contribution in [-0.4, -0.2) is 43.2 Å². The topological polar surface area (TPSA) is 44.4 Å².